The summed E-state index contributed by atoms with van der Waals surface area (Å²) in [7, 11) is 1.68. The Hall–Kier alpha value is -0.760. The number of phosphoric ester groups is 1. The SMILES string of the molecule is CCCCCCCCCC/C=C\CCCCCCCCCC(=O)O[C@H](COCCCCCCCCCCCCCCCCCCCC)COP(=O)(O)OCC[N+](C)(C)C. The van der Waals surface area contributed by atoms with Crippen molar-refractivity contribution in [3.05, 3.63) is 12.2 Å². The molecule has 0 saturated carbocycles. The number of carbonyl (C=O) groups excluding carboxylic acids is 1. The Bertz CT molecular complexity index is 956. The topological polar surface area (TPSA) is 91.3 Å². The smallest absolute Gasteiger partial charge is 0.457 e. The monoisotopic (exact) mass is 859 g/mol. The first-order chi connectivity index (χ1) is 28.6. The van der Waals surface area contributed by atoms with Crippen LogP contribution in [0.25, 0.3) is 0 Å². The standard InChI is InChI=1S/C50H100NO7P/c1-6-8-10-12-14-16-18-20-22-24-26-27-29-31-33-35-37-39-41-43-50(52)58-49(48-57-59(53,54)56-46-44-51(3,4)5)47-55-45-42-40-38-36-34-32-30-28-25-23-21-19-17-15-13-11-9-7-2/h24,26,49H,6-23,25,27-48H2,1-5H3/p+1/b26-24-/t49-/m1/s1. The summed E-state index contributed by atoms with van der Waals surface area (Å²) >= 11 is 0. The molecule has 8 nitrogen and oxygen atoms in total. The lowest BCUT2D eigenvalue weighted by molar-refractivity contribution is -0.870. The molecule has 0 aromatic rings. The molecule has 2 atom stereocenters. The predicted molar refractivity (Wildman–Crippen MR) is 252 cm³/mol. The van der Waals surface area contributed by atoms with Gasteiger partial charge < -0.3 is 18.9 Å². The molecule has 1 N–H and O–H groups in total. The number of hydrogen-bond acceptors (Lipinski definition) is 6. The normalized spacial score (nSPS) is 13.7. The number of allylic oxidation sites excluding steroid dienone is 2. The number of carbonyl (C=O) groups is 1. The average Bonchev–Trinajstić information content (AvgIpc) is 3.19. The third kappa shape index (κ3) is 48.1. The van der Waals surface area contributed by atoms with Crippen LogP contribution in [0.15, 0.2) is 12.2 Å². The largest absolute Gasteiger partial charge is 0.472 e. The second-order valence-electron chi connectivity index (χ2n) is 18.6. The number of phosphoric acid groups is 1. The van der Waals surface area contributed by atoms with E-state index in [0.717, 1.165) is 32.1 Å². The summed E-state index contributed by atoms with van der Waals surface area (Å²) in [5, 5.41) is 0. The van der Waals surface area contributed by atoms with Gasteiger partial charge in [0.1, 0.15) is 19.3 Å². The van der Waals surface area contributed by atoms with Crippen molar-refractivity contribution in [3.8, 4) is 0 Å². The molecule has 0 aliphatic carbocycles. The molecule has 0 fully saturated rings. The van der Waals surface area contributed by atoms with E-state index in [1.807, 2.05) is 21.1 Å². The highest BCUT2D eigenvalue weighted by molar-refractivity contribution is 7.47. The van der Waals surface area contributed by atoms with E-state index < -0.39 is 13.9 Å². The molecular weight excluding hydrogens is 758 g/mol. The molecule has 0 aromatic heterocycles. The van der Waals surface area contributed by atoms with Crippen LogP contribution in [0, 0.1) is 0 Å². The zero-order valence-electron chi connectivity index (χ0n) is 40.0. The lowest BCUT2D eigenvalue weighted by Crippen LogP contribution is -2.37. The van der Waals surface area contributed by atoms with Crippen LogP contribution in [0.4, 0.5) is 0 Å². The number of rotatable bonds is 48. The van der Waals surface area contributed by atoms with Crippen LogP contribution < -0.4 is 0 Å². The molecule has 0 saturated heterocycles. The van der Waals surface area contributed by atoms with Gasteiger partial charge in [0.05, 0.1) is 34.4 Å². The van der Waals surface area contributed by atoms with Gasteiger partial charge in [0.2, 0.25) is 0 Å². The molecule has 0 heterocycles. The molecule has 0 aromatic carbocycles. The van der Waals surface area contributed by atoms with Crippen molar-refractivity contribution in [2.24, 2.45) is 0 Å². The maximum Gasteiger partial charge on any atom is 0.472 e. The van der Waals surface area contributed by atoms with Gasteiger partial charge in [-0.2, -0.15) is 0 Å². The van der Waals surface area contributed by atoms with E-state index in [1.54, 1.807) is 0 Å². The van der Waals surface area contributed by atoms with Crippen LogP contribution in [0.1, 0.15) is 245 Å². The van der Waals surface area contributed by atoms with Crippen molar-refractivity contribution in [3.63, 3.8) is 0 Å². The first kappa shape index (κ1) is 58.2. The van der Waals surface area contributed by atoms with Gasteiger partial charge in [0.15, 0.2) is 0 Å². The molecule has 0 aliphatic heterocycles. The molecule has 0 spiro atoms. The quantitative estimate of drug-likeness (QED) is 0.0214. The summed E-state index contributed by atoms with van der Waals surface area (Å²) in [6, 6.07) is 0. The summed E-state index contributed by atoms with van der Waals surface area (Å²) in [5.41, 5.74) is 0. The minimum atomic E-state index is -4.27. The van der Waals surface area contributed by atoms with Crippen molar-refractivity contribution >= 4 is 13.8 Å². The van der Waals surface area contributed by atoms with E-state index in [2.05, 4.69) is 26.0 Å². The molecule has 0 radical (unpaired) electrons. The molecule has 0 rings (SSSR count). The Morgan fingerprint density at radius 3 is 1.29 bits per heavy atom. The number of ether oxygens (including phenoxy) is 2. The number of likely N-dealkylation sites (N-methyl/N-ethyl adjacent to an activating group) is 1. The van der Waals surface area contributed by atoms with Crippen LogP contribution in [0.3, 0.4) is 0 Å². The first-order valence-electron chi connectivity index (χ1n) is 25.4. The van der Waals surface area contributed by atoms with Gasteiger partial charge >= 0.3 is 13.8 Å². The Morgan fingerprint density at radius 2 is 0.881 bits per heavy atom. The van der Waals surface area contributed by atoms with Gasteiger partial charge in [0, 0.05) is 13.0 Å². The van der Waals surface area contributed by atoms with Gasteiger partial charge in [-0.15, -0.1) is 0 Å². The Balaban J connectivity index is 4.12. The van der Waals surface area contributed by atoms with E-state index in [9.17, 15) is 14.3 Å². The predicted octanol–water partition coefficient (Wildman–Crippen LogP) is 15.4. The van der Waals surface area contributed by atoms with Gasteiger partial charge in [-0.3, -0.25) is 13.8 Å². The second kappa shape index (κ2) is 43.9. The fraction of sp³-hybridized carbons (Fsp3) is 0.940. The number of unbranched alkanes of at least 4 members (excludes halogenated alkanes) is 32. The Kier molecular flexibility index (Phi) is 43.3. The molecule has 352 valence electrons. The van der Waals surface area contributed by atoms with Crippen molar-refractivity contribution in [1.82, 2.24) is 0 Å². The zero-order valence-corrected chi connectivity index (χ0v) is 40.9. The minimum Gasteiger partial charge on any atom is -0.457 e. The van der Waals surface area contributed by atoms with Crippen LogP contribution >= 0.6 is 7.82 Å². The molecule has 0 bridgehead atoms. The summed E-state index contributed by atoms with van der Waals surface area (Å²) in [6.45, 7) is 5.68. The number of hydrogen-bond donors (Lipinski definition) is 1. The fourth-order valence-electron chi connectivity index (χ4n) is 7.37. The van der Waals surface area contributed by atoms with Gasteiger partial charge in [-0.25, -0.2) is 4.57 Å². The maximum absolute atomic E-state index is 12.7. The zero-order chi connectivity index (χ0) is 43.4. The fourth-order valence-corrected chi connectivity index (χ4v) is 8.11. The molecule has 0 aliphatic rings. The van der Waals surface area contributed by atoms with E-state index in [4.69, 9.17) is 18.5 Å². The molecule has 0 amide bonds. The van der Waals surface area contributed by atoms with Crippen molar-refractivity contribution < 1.29 is 37.3 Å². The highest BCUT2D eigenvalue weighted by atomic mass is 31.2. The summed E-state index contributed by atoms with van der Waals surface area (Å²) in [5.74, 6) is -0.312. The second-order valence-corrected chi connectivity index (χ2v) is 20.0. The van der Waals surface area contributed by atoms with E-state index in [-0.39, 0.29) is 25.8 Å². The third-order valence-corrected chi connectivity index (χ3v) is 12.3. The van der Waals surface area contributed by atoms with Gasteiger partial charge in [0.25, 0.3) is 0 Å². The number of quaternary nitrogens is 1. The van der Waals surface area contributed by atoms with Crippen molar-refractivity contribution in [1.29, 1.82) is 0 Å². The van der Waals surface area contributed by atoms with Gasteiger partial charge in [-0.05, 0) is 38.5 Å². The average molecular weight is 859 g/mol. The van der Waals surface area contributed by atoms with Crippen molar-refractivity contribution in [2.75, 3.05) is 54.1 Å². The summed E-state index contributed by atoms with van der Waals surface area (Å²) in [4.78, 5) is 23.0. The van der Waals surface area contributed by atoms with E-state index in [0.29, 0.717) is 24.1 Å². The first-order valence-corrected chi connectivity index (χ1v) is 26.9. The minimum absolute atomic E-state index is 0.0913. The molecule has 1 unspecified atom stereocenters. The number of nitrogens with zero attached hydrogens (tertiary/aromatic N) is 1. The highest BCUT2D eigenvalue weighted by Gasteiger charge is 2.26. The Labute approximate surface area is 367 Å². The van der Waals surface area contributed by atoms with Gasteiger partial charge in [-0.1, -0.05) is 212 Å². The third-order valence-electron chi connectivity index (χ3n) is 11.3. The summed E-state index contributed by atoms with van der Waals surface area (Å²) < 4.78 is 35.1. The van der Waals surface area contributed by atoms with Crippen LogP contribution in [-0.4, -0.2) is 75.6 Å². The van der Waals surface area contributed by atoms with E-state index in [1.165, 1.54) is 193 Å². The molecular formula is C50H101NO7P+. The van der Waals surface area contributed by atoms with Crippen LogP contribution in [-0.2, 0) is 27.9 Å². The maximum atomic E-state index is 12.7. The van der Waals surface area contributed by atoms with Crippen LogP contribution in [0.2, 0.25) is 0 Å². The van der Waals surface area contributed by atoms with Crippen LogP contribution in [0.5, 0.6) is 0 Å². The lowest BCUT2D eigenvalue weighted by atomic mass is 10.0. The van der Waals surface area contributed by atoms with Crippen molar-refractivity contribution in [2.45, 2.75) is 251 Å². The highest BCUT2D eigenvalue weighted by Crippen LogP contribution is 2.43. The summed E-state index contributed by atoms with van der Waals surface area (Å²) in [6.07, 6.45) is 49.6. The van der Waals surface area contributed by atoms with E-state index >= 15 is 0 Å². The lowest BCUT2D eigenvalue weighted by Gasteiger charge is -2.24. The molecule has 9 heteroatoms. The molecule has 59 heavy (non-hydrogen) atoms. The number of esters is 1. The Morgan fingerprint density at radius 1 is 0.508 bits per heavy atom.